The number of ether oxygens (including phenoxy) is 1. The first-order chi connectivity index (χ1) is 9.45. The Balaban J connectivity index is 2.31. The van der Waals surface area contributed by atoms with Crippen molar-refractivity contribution in [2.24, 2.45) is 5.73 Å². The summed E-state index contributed by atoms with van der Waals surface area (Å²) in [5, 5.41) is 3.75. The Morgan fingerprint density at radius 2 is 2.25 bits per heavy atom. The Morgan fingerprint density at radius 3 is 2.95 bits per heavy atom. The van der Waals surface area contributed by atoms with Crippen molar-refractivity contribution in [1.82, 2.24) is 10.1 Å². The lowest BCUT2D eigenvalue weighted by atomic mass is 10.1. The quantitative estimate of drug-likeness (QED) is 0.919. The standard InChI is InChI=1S/C13H15ClFN3O2/c1-3-19-7-13(2,16)12-17-11(20-18-12)8-5-4-6-9(15)10(8)14/h4-6H,3,7,16H2,1-2H3. The van der Waals surface area contributed by atoms with E-state index in [9.17, 15) is 4.39 Å². The van der Waals surface area contributed by atoms with E-state index in [2.05, 4.69) is 10.1 Å². The van der Waals surface area contributed by atoms with Gasteiger partial charge in [0.05, 0.1) is 17.2 Å². The van der Waals surface area contributed by atoms with Crippen molar-refractivity contribution in [2.45, 2.75) is 19.4 Å². The van der Waals surface area contributed by atoms with Crippen molar-refractivity contribution in [3.63, 3.8) is 0 Å². The molecule has 0 amide bonds. The van der Waals surface area contributed by atoms with Crippen LogP contribution in [0, 0.1) is 5.82 Å². The van der Waals surface area contributed by atoms with Gasteiger partial charge in [-0.15, -0.1) is 0 Å². The minimum Gasteiger partial charge on any atom is -0.379 e. The molecule has 2 aromatic rings. The van der Waals surface area contributed by atoms with Gasteiger partial charge in [0.15, 0.2) is 5.82 Å². The highest BCUT2D eigenvalue weighted by Crippen LogP contribution is 2.29. The highest BCUT2D eigenvalue weighted by Gasteiger charge is 2.28. The van der Waals surface area contributed by atoms with E-state index in [0.717, 1.165) is 0 Å². The average Bonchev–Trinajstić information content (AvgIpc) is 2.90. The maximum absolute atomic E-state index is 13.4. The Labute approximate surface area is 120 Å². The molecule has 5 nitrogen and oxygen atoms in total. The van der Waals surface area contributed by atoms with E-state index < -0.39 is 11.4 Å². The highest BCUT2D eigenvalue weighted by molar-refractivity contribution is 6.33. The van der Waals surface area contributed by atoms with Crippen molar-refractivity contribution >= 4 is 11.6 Å². The van der Waals surface area contributed by atoms with Gasteiger partial charge in [0.25, 0.3) is 5.89 Å². The molecular formula is C13H15ClFN3O2. The van der Waals surface area contributed by atoms with Crippen molar-refractivity contribution in [2.75, 3.05) is 13.2 Å². The lowest BCUT2D eigenvalue weighted by molar-refractivity contribution is 0.0962. The van der Waals surface area contributed by atoms with Crippen LogP contribution in [0.25, 0.3) is 11.5 Å². The fourth-order valence-electron chi connectivity index (χ4n) is 1.61. The number of nitrogens with zero attached hydrogens (tertiary/aromatic N) is 2. The minimum absolute atomic E-state index is 0.0637. The first kappa shape index (κ1) is 14.9. The zero-order valence-corrected chi connectivity index (χ0v) is 11.9. The van der Waals surface area contributed by atoms with Crippen molar-refractivity contribution in [1.29, 1.82) is 0 Å². The third kappa shape index (κ3) is 2.98. The second-order valence-electron chi connectivity index (χ2n) is 4.58. The molecule has 20 heavy (non-hydrogen) atoms. The predicted molar refractivity (Wildman–Crippen MR) is 72.7 cm³/mol. The lowest BCUT2D eigenvalue weighted by Crippen LogP contribution is -2.39. The molecule has 1 unspecified atom stereocenters. The normalized spacial score (nSPS) is 14.2. The molecule has 0 aliphatic carbocycles. The van der Waals surface area contributed by atoms with Crippen LogP contribution in [-0.4, -0.2) is 23.4 Å². The Morgan fingerprint density at radius 1 is 1.50 bits per heavy atom. The molecule has 0 aliphatic rings. The van der Waals surface area contributed by atoms with Crippen LogP contribution >= 0.6 is 11.6 Å². The van der Waals surface area contributed by atoms with Crippen molar-refractivity contribution < 1.29 is 13.7 Å². The lowest BCUT2D eigenvalue weighted by Gasteiger charge is -2.19. The van der Waals surface area contributed by atoms with Gasteiger partial charge in [-0.05, 0) is 26.0 Å². The maximum atomic E-state index is 13.4. The summed E-state index contributed by atoms with van der Waals surface area (Å²) in [5.41, 5.74) is 5.51. The van der Waals surface area contributed by atoms with Gasteiger partial charge in [0.2, 0.25) is 0 Å². The van der Waals surface area contributed by atoms with Crippen molar-refractivity contribution in [3.8, 4) is 11.5 Å². The molecule has 0 radical (unpaired) electrons. The van der Waals surface area contributed by atoms with E-state index in [-0.39, 0.29) is 23.3 Å². The van der Waals surface area contributed by atoms with Crippen LogP contribution in [0.2, 0.25) is 5.02 Å². The highest BCUT2D eigenvalue weighted by atomic mass is 35.5. The van der Waals surface area contributed by atoms with Crippen LogP contribution in [0.3, 0.4) is 0 Å². The molecule has 2 rings (SSSR count). The van der Waals surface area contributed by atoms with Crippen LogP contribution in [-0.2, 0) is 10.3 Å². The SMILES string of the molecule is CCOCC(C)(N)c1noc(-c2cccc(F)c2Cl)n1. The molecule has 1 heterocycles. The van der Waals surface area contributed by atoms with Gasteiger partial charge in [0.1, 0.15) is 11.4 Å². The minimum atomic E-state index is -0.891. The fourth-order valence-corrected chi connectivity index (χ4v) is 1.82. The van der Waals surface area contributed by atoms with Gasteiger partial charge >= 0.3 is 0 Å². The van der Waals surface area contributed by atoms with Gasteiger partial charge in [-0.2, -0.15) is 4.98 Å². The molecule has 108 valence electrons. The van der Waals surface area contributed by atoms with E-state index >= 15 is 0 Å². The monoisotopic (exact) mass is 299 g/mol. The molecule has 1 aromatic carbocycles. The van der Waals surface area contributed by atoms with Gasteiger partial charge in [-0.1, -0.05) is 22.8 Å². The number of aromatic nitrogens is 2. The average molecular weight is 300 g/mol. The van der Waals surface area contributed by atoms with Gasteiger partial charge in [-0.3, -0.25) is 0 Å². The topological polar surface area (TPSA) is 74.2 Å². The molecular weight excluding hydrogens is 285 g/mol. The molecule has 0 bridgehead atoms. The Hall–Kier alpha value is -1.50. The largest absolute Gasteiger partial charge is 0.379 e. The molecule has 1 aromatic heterocycles. The summed E-state index contributed by atoms with van der Waals surface area (Å²) in [6, 6.07) is 4.37. The number of benzene rings is 1. The molecule has 7 heteroatoms. The molecule has 0 saturated carbocycles. The molecule has 1 atom stereocenters. The third-order valence-electron chi connectivity index (χ3n) is 2.72. The van der Waals surface area contributed by atoms with E-state index in [4.69, 9.17) is 26.6 Å². The summed E-state index contributed by atoms with van der Waals surface area (Å²) in [7, 11) is 0. The van der Waals surface area contributed by atoms with E-state index in [1.54, 1.807) is 13.0 Å². The summed E-state index contributed by atoms with van der Waals surface area (Å²) in [4.78, 5) is 4.17. The third-order valence-corrected chi connectivity index (χ3v) is 3.11. The second-order valence-corrected chi connectivity index (χ2v) is 4.96. The molecule has 0 fully saturated rings. The number of halogens is 2. The van der Waals surface area contributed by atoms with Crippen LogP contribution in [0.5, 0.6) is 0 Å². The van der Waals surface area contributed by atoms with Gasteiger partial charge in [-0.25, -0.2) is 4.39 Å². The molecule has 0 spiro atoms. The van der Waals surface area contributed by atoms with E-state index in [1.165, 1.54) is 12.1 Å². The summed E-state index contributed by atoms with van der Waals surface area (Å²) in [6.45, 7) is 4.38. The Kier molecular flexibility index (Phi) is 4.37. The fraction of sp³-hybridized carbons (Fsp3) is 0.385. The summed E-state index contributed by atoms with van der Waals surface area (Å²) < 4.78 is 23.8. The Bertz CT molecular complexity index is 601. The zero-order chi connectivity index (χ0) is 14.8. The second kappa shape index (κ2) is 5.87. The summed E-state index contributed by atoms with van der Waals surface area (Å²) in [5.74, 6) is -0.146. The maximum Gasteiger partial charge on any atom is 0.259 e. The van der Waals surface area contributed by atoms with Gasteiger partial charge < -0.3 is 15.0 Å². The molecule has 0 aliphatic heterocycles. The van der Waals surface area contributed by atoms with Gasteiger partial charge in [0, 0.05) is 6.61 Å². The predicted octanol–water partition coefficient (Wildman–Crippen LogP) is 2.74. The first-order valence-electron chi connectivity index (χ1n) is 6.11. The van der Waals surface area contributed by atoms with Crippen LogP contribution in [0.4, 0.5) is 4.39 Å². The van der Waals surface area contributed by atoms with Crippen LogP contribution < -0.4 is 5.73 Å². The number of hydrogen-bond acceptors (Lipinski definition) is 5. The van der Waals surface area contributed by atoms with Crippen LogP contribution in [0.1, 0.15) is 19.7 Å². The van der Waals surface area contributed by atoms with E-state index in [1.807, 2.05) is 6.92 Å². The zero-order valence-electron chi connectivity index (χ0n) is 11.2. The molecule has 2 N–H and O–H groups in total. The van der Waals surface area contributed by atoms with Crippen LogP contribution in [0.15, 0.2) is 22.7 Å². The summed E-state index contributed by atoms with van der Waals surface area (Å²) in [6.07, 6.45) is 0. The number of hydrogen-bond donors (Lipinski definition) is 1. The number of rotatable bonds is 5. The smallest absolute Gasteiger partial charge is 0.259 e. The summed E-state index contributed by atoms with van der Waals surface area (Å²) >= 11 is 5.88. The van der Waals surface area contributed by atoms with Crippen molar-refractivity contribution in [3.05, 3.63) is 34.9 Å². The number of nitrogens with two attached hydrogens (primary N) is 1. The van der Waals surface area contributed by atoms with E-state index in [0.29, 0.717) is 12.2 Å². The first-order valence-corrected chi connectivity index (χ1v) is 6.48. The molecule has 0 saturated heterocycles.